The van der Waals surface area contributed by atoms with Crippen LogP contribution in [0.4, 0.5) is 5.69 Å². The molecular formula is C19H24N4O3. The van der Waals surface area contributed by atoms with Gasteiger partial charge >= 0.3 is 0 Å². The highest BCUT2D eigenvalue weighted by molar-refractivity contribution is 6.00. The third kappa shape index (κ3) is 3.44. The Hall–Kier alpha value is -2.41. The number of nitrogens with zero attached hydrogens (tertiary/aromatic N) is 4. The second kappa shape index (κ2) is 7.45. The Morgan fingerprint density at radius 3 is 2.77 bits per heavy atom. The van der Waals surface area contributed by atoms with Crippen LogP contribution in [0.1, 0.15) is 40.8 Å². The number of amides is 1. The molecule has 26 heavy (non-hydrogen) atoms. The molecule has 7 heteroatoms. The van der Waals surface area contributed by atoms with Crippen LogP contribution in [-0.2, 0) is 4.74 Å². The Balaban J connectivity index is 1.53. The van der Waals surface area contributed by atoms with E-state index >= 15 is 0 Å². The zero-order chi connectivity index (χ0) is 17.9. The van der Waals surface area contributed by atoms with E-state index in [4.69, 9.17) is 9.26 Å². The smallest absolute Gasteiger partial charge is 0.255 e. The predicted octanol–water partition coefficient (Wildman–Crippen LogP) is 2.23. The van der Waals surface area contributed by atoms with Crippen LogP contribution >= 0.6 is 0 Å². The Labute approximate surface area is 152 Å². The second-order valence-corrected chi connectivity index (χ2v) is 6.88. The van der Waals surface area contributed by atoms with E-state index in [9.17, 15) is 4.79 Å². The summed E-state index contributed by atoms with van der Waals surface area (Å²) < 4.78 is 10.6. The van der Waals surface area contributed by atoms with Crippen molar-refractivity contribution in [1.82, 2.24) is 15.0 Å². The van der Waals surface area contributed by atoms with E-state index in [0.717, 1.165) is 43.7 Å². The van der Waals surface area contributed by atoms with Crippen LogP contribution in [0.3, 0.4) is 0 Å². The number of carbonyl (C=O) groups is 1. The number of benzene rings is 1. The number of anilines is 1. The van der Waals surface area contributed by atoms with Gasteiger partial charge in [-0.3, -0.25) is 4.79 Å². The molecule has 0 radical (unpaired) electrons. The molecule has 1 atom stereocenters. The maximum atomic E-state index is 13.2. The van der Waals surface area contributed by atoms with Gasteiger partial charge in [-0.1, -0.05) is 17.3 Å². The molecule has 0 N–H and O–H groups in total. The Morgan fingerprint density at radius 1 is 1.19 bits per heavy atom. The van der Waals surface area contributed by atoms with Crippen LogP contribution < -0.4 is 4.90 Å². The summed E-state index contributed by atoms with van der Waals surface area (Å²) in [6.45, 7) is 6.22. The molecule has 1 amide bonds. The van der Waals surface area contributed by atoms with Gasteiger partial charge in [-0.25, -0.2) is 0 Å². The van der Waals surface area contributed by atoms with Gasteiger partial charge in [0.05, 0.1) is 18.8 Å². The Morgan fingerprint density at radius 2 is 2.00 bits per heavy atom. The van der Waals surface area contributed by atoms with Gasteiger partial charge in [0.15, 0.2) is 5.82 Å². The number of aryl methyl sites for hydroxylation is 1. The molecule has 0 aliphatic carbocycles. The van der Waals surface area contributed by atoms with Crippen molar-refractivity contribution in [3.8, 4) is 0 Å². The first kappa shape index (κ1) is 17.0. The van der Waals surface area contributed by atoms with Crippen LogP contribution in [0.2, 0.25) is 0 Å². The maximum absolute atomic E-state index is 13.2. The van der Waals surface area contributed by atoms with Crippen molar-refractivity contribution < 1.29 is 14.1 Å². The molecule has 0 bridgehead atoms. The number of carbonyl (C=O) groups excluding carboxylic acids is 1. The van der Waals surface area contributed by atoms with Crippen molar-refractivity contribution in [3.05, 3.63) is 41.5 Å². The molecule has 7 nitrogen and oxygen atoms in total. The molecule has 138 valence electrons. The number of ether oxygens (including phenoxy) is 1. The van der Waals surface area contributed by atoms with Gasteiger partial charge < -0.3 is 19.1 Å². The number of hydrogen-bond acceptors (Lipinski definition) is 6. The first-order valence-corrected chi connectivity index (χ1v) is 9.23. The number of rotatable bonds is 3. The van der Waals surface area contributed by atoms with Crippen LogP contribution in [0, 0.1) is 6.92 Å². The second-order valence-electron chi connectivity index (χ2n) is 6.88. The third-order valence-corrected chi connectivity index (χ3v) is 5.10. The van der Waals surface area contributed by atoms with Crippen molar-refractivity contribution in [2.45, 2.75) is 25.7 Å². The quantitative estimate of drug-likeness (QED) is 0.840. The van der Waals surface area contributed by atoms with Gasteiger partial charge in [0.2, 0.25) is 5.89 Å². The number of aromatic nitrogens is 2. The summed E-state index contributed by atoms with van der Waals surface area (Å²) in [5.41, 5.74) is 1.76. The lowest BCUT2D eigenvalue weighted by Gasteiger charge is -2.34. The number of piperidine rings is 1. The minimum absolute atomic E-state index is 0.0806. The Bertz CT molecular complexity index is 770. The van der Waals surface area contributed by atoms with Crippen LogP contribution in [-0.4, -0.2) is 60.3 Å². The van der Waals surface area contributed by atoms with Gasteiger partial charge in [-0.05, 0) is 25.0 Å². The van der Waals surface area contributed by atoms with E-state index < -0.39 is 0 Å². The number of hydrogen-bond donors (Lipinski definition) is 0. The van der Waals surface area contributed by atoms with Crippen LogP contribution in [0.25, 0.3) is 0 Å². The summed E-state index contributed by atoms with van der Waals surface area (Å²) in [4.78, 5) is 21.8. The lowest BCUT2D eigenvalue weighted by atomic mass is 9.96. The summed E-state index contributed by atoms with van der Waals surface area (Å²) in [7, 11) is 0. The zero-order valence-electron chi connectivity index (χ0n) is 15.1. The Kier molecular flexibility index (Phi) is 4.88. The van der Waals surface area contributed by atoms with E-state index in [2.05, 4.69) is 15.0 Å². The molecule has 2 aliphatic rings. The fourth-order valence-electron chi connectivity index (χ4n) is 3.76. The predicted molar refractivity (Wildman–Crippen MR) is 96.4 cm³/mol. The van der Waals surface area contributed by atoms with Gasteiger partial charge in [0.25, 0.3) is 5.91 Å². The fourth-order valence-corrected chi connectivity index (χ4v) is 3.76. The molecule has 4 rings (SSSR count). The molecule has 2 aromatic rings. The van der Waals surface area contributed by atoms with Gasteiger partial charge in [-0.2, -0.15) is 4.98 Å². The average molecular weight is 356 g/mol. The first-order valence-electron chi connectivity index (χ1n) is 9.23. The highest BCUT2D eigenvalue weighted by atomic mass is 16.5. The van der Waals surface area contributed by atoms with Crippen molar-refractivity contribution in [1.29, 1.82) is 0 Å². The molecule has 0 saturated carbocycles. The number of para-hydroxylation sites is 1. The maximum Gasteiger partial charge on any atom is 0.255 e. The van der Waals surface area contributed by atoms with Gasteiger partial charge in [0.1, 0.15) is 0 Å². The summed E-state index contributed by atoms with van der Waals surface area (Å²) in [5, 5.41) is 4.05. The van der Waals surface area contributed by atoms with E-state index in [-0.39, 0.29) is 11.8 Å². The van der Waals surface area contributed by atoms with E-state index in [1.807, 2.05) is 29.2 Å². The van der Waals surface area contributed by atoms with Crippen molar-refractivity contribution >= 4 is 11.6 Å². The van der Waals surface area contributed by atoms with E-state index in [1.165, 1.54) is 0 Å². The third-order valence-electron chi connectivity index (χ3n) is 5.10. The molecule has 2 aliphatic heterocycles. The monoisotopic (exact) mass is 356 g/mol. The molecule has 0 unspecified atom stereocenters. The highest BCUT2D eigenvalue weighted by Crippen LogP contribution is 2.28. The minimum atomic E-state index is 0.0806. The molecule has 1 aromatic carbocycles. The van der Waals surface area contributed by atoms with Crippen LogP contribution in [0.5, 0.6) is 0 Å². The number of morpholine rings is 1. The molecular weight excluding hydrogens is 332 g/mol. The van der Waals surface area contributed by atoms with Crippen molar-refractivity contribution in [2.24, 2.45) is 0 Å². The standard InChI is InChI=1S/C19H24N4O3/c1-14-20-18(21-26-14)15-5-4-8-23(13-15)19(24)16-6-2-3-7-17(16)22-9-11-25-12-10-22/h2-3,6-7,15H,4-5,8-13H2,1H3/t15-/m1/s1. The first-order chi connectivity index (χ1) is 12.7. The lowest BCUT2D eigenvalue weighted by molar-refractivity contribution is 0.0703. The molecule has 1 aromatic heterocycles. The average Bonchev–Trinajstić information content (AvgIpc) is 3.15. The summed E-state index contributed by atoms with van der Waals surface area (Å²) >= 11 is 0. The van der Waals surface area contributed by atoms with Crippen LogP contribution in [0.15, 0.2) is 28.8 Å². The summed E-state index contributed by atoms with van der Waals surface area (Å²) in [5.74, 6) is 1.50. The zero-order valence-corrected chi connectivity index (χ0v) is 15.1. The molecule has 2 saturated heterocycles. The highest BCUT2D eigenvalue weighted by Gasteiger charge is 2.30. The van der Waals surface area contributed by atoms with Gasteiger partial charge in [0, 0.05) is 44.7 Å². The van der Waals surface area contributed by atoms with E-state index in [1.54, 1.807) is 6.92 Å². The molecule has 0 spiro atoms. The van der Waals surface area contributed by atoms with Gasteiger partial charge in [-0.15, -0.1) is 0 Å². The van der Waals surface area contributed by atoms with Crippen molar-refractivity contribution in [2.75, 3.05) is 44.3 Å². The van der Waals surface area contributed by atoms with Crippen molar-refractivity contribution in [3.63, 3.8) is 0 Å². The molecule has 3 heterocycles. The minimum Gasteiger partial charge on any atom is -0.378 e. The lowest BCUT2D eigenvalue weighted by Crippen LogP contribution is -2.41. The van der Waals surface area contributed by atoms with E-state index in [0.29, 0.717) is 31.5 Å². The topological polar surface area (TPSA) is 71.7 Å². The SMILES string of the molecule is Cc1nc([C@@H]2CCCN(C(=O)c3ccccc3N3CCOCC3)C2)no1. The summed E-state index contributed by atoms with van der Waals surface area (Å²) in [6.07, 6.45) is 1.93. The number of likely N-dealkylation sites (tertiary alicyclic amines) is 1. The normalized spacial score (nSPS) is 21.0. The largest absolute Gasteiger partial charge is 0.378 e. The summed E-state index contributed by atoms with van der Waals surface area (Å²) in [6, 6.07) is 7.88. The fraction of sp³-hybridized carbons (Fsp3) is 0.526. The molecule has 2 fully saturated rings.